The lowest BCUT2D eigenvalue weighted by atomic mass is 9.55. The number of rotatable bonds is 0. The van der Waals surface area contributed by atoms with Gasteiger partial charge in [-0.05, 0) is 44.1 Å². The third-order valence-electron chi connectivity index (χ3n) is 4.55. The van der Waals surface area contributed by atoms with Crippen molar-refractivity contribution in [1.29, 1.82) is 0 Å². The number of nitrogens with one attached hydrogen (secondary N) is 1. The van der Waals surface area contributed by atoms with Crippen molar-refractivity contribution in [1.82, 2.24) is 5.32 Å². The summed E-state index contributed by atoms with van der Waals surface area (Å²) >= 11 is 0. The topological polar surface area (TPSA) is 64.1 Å². The summed E-state index contributed by atoms with van der Waals surface area (Å²) < 4.78 is 0. The van der Waals surface area contributed by atoms with Crippen LogP contribution >= 0.6 is 0 Å². The molecule has 1 spiro atoms. The predicted octanol–water partition coefficient (Wildman–Crippen LogP) is -0.0938. The van der Waals surface area contributed by atoms with Crippen LogP contribution in [0.15, 0.2) is 0 Å². The predicted molar refractivity (Wildman–Crippen MR) is 47.4 cm³/mol. The van der Waals surface area contributed by atoms with Gasteiger partial charge in [0.1, 0.15) is 0 Å². The molecule has 68 valence electrons. The highest BCUT2D eigenvalue weighted by atomic mass is 15.2. The fourth-order valence-corrected chi connectivity index (χ4v) is 3.24. The zero-order valence-corrected chi connectivity index (χ0v) is 7.40. The van der Waals surface area contributed by atoms with E-state index in [1.807, 2.05) is 0 Å². The van der Waals surface area contributed by atoms with Gasteiger partial charge < -0.3 is 11.5 Å². The van der Waals surface area contributed by atoms with E-state index in [4.69, 9.17) is 11.5 Å². The second-order valence-electron chi connectivity index (χ2n) is 4.90. The molecule has 3 fully saturated rings. The van der Waals surface area contributed by atoms with Crippen molar-refractivity contribution in [3.05, 3.63) is 0 Å². The lowest BCUT2D eigenvalue weighted by molar-refractivity contribution is -0.0411. The van der Waals surface area contributed by atoms with Gasteiger partial charge in [0.25, 0.3) is 0 Å². The minimum absolute atomic E-state index is 0.0712. The third kappa shape index (κ3) is 0.543. The second kappa shape index (κ2) is 1.72. The molecule has 3 rings (SSSR count). The van der Waals surface area contributed by atoms with Crippen molar-refractivity contribution < 1.29 is 0 Å². The summed E-state index contributed by atoms with van der Waals surface area (Å²) in [4.78, 5) is 0. The minimum atomic E-state index is -0.220. The van der Waals surface area contributed by atoms with Crippen molar-refractivity contribution in [2.45, 2.75) is 43.3 Å². The van der Waals surface area contributed by atoms with E-state index >= 15 is 0 Å². The van der Waals surface area contributed by atoms with E-state index in [0.717, 1.165) is 19.4 Å². The molecule has 0 aromatic carbocycles. The van der Waals surface area contributed by atoms with Gasteiger partial charge in [0, 0.05) is 0 Å². The van der Waals surface area contributed by atoms with Crippen molar-refractivity contribution in [2.24, 2.45) is 16.9 Å². The van der Waals surface area contributed by atoms with Gasteiger partial charge >= 0.3 is 0 Å². The van der Waals surface area contributed by atoms with Crippen LogP contribution in [0, 0.1) is 5.41 Å². The minimum Gasteiger partial charge on any atom is -0.322 e. The number of piperidine rings is 1. The highest BCUT2D eigenvalue weighted by Crippen LogP contribution is 2.65. The van der Waals surface area contributed by atoms with Crippen molar-refractivity contribution >= 4 is 0 Å². The Bertz CT molecular complexity index is 228. The molecule has 1 heterocycles. The standard InChI is InChI=1S/C9H17N3/c10-8-3-4-9(8,11)12-6-5-7(8)1-2-7/h12H,1-6,10-11H2. The quantitative estimate of drug-likeness (QED) is 0.472. The van der Waals surface area contributed by atoms with Crippen LogP contribution in [0.2, 0.25) is 0 Å². The lowest BCUT2D eigenvalue weighted by Gasteiger charge is -2.63. The fraction of sp³-hybridized carbons (Fsp3) is 1.00. The smallest absolute Gasteiger partial charge is 0.0853 e. The molecule has 2 atom stereocenters. The molecule has 1 aliphatic heterocycles. The van der Waals surface area contributed by atoms with Crippen LogP contribution in [0.4, 0.5) is 0 Å². The Kier molecular flexibility index (Phi) is 1.04. The van der Waals surface area contributed by atoms with E-state index in [-0.39, 0.29) is 11.2 Å². The van der Waals surface area contributed by atoms with Gasteiger partial charge in [0.05, 0.1) is 11.2 Å². The number of nitrogens with two attached hydrogens (primary N) is 2. The van der Waals surface area contributed by atoms with Crippen LogP contribution in [0.5, 0.6) is 0 Å². The first-order valence-corrected chi connectivity index (χ1v) is 4.95. The molecule has 0 radical (unpaired) electrons. The molecular formula is C9H17N3. The number of hydrogen-bond acceptors (Lipinski definition) is 3. The number of fused-ring (bicyclic) bond motifs is 2. The molecule has 2 unspecified atom stereocenters. The summed E-state index contributed by atoms with van der Waals surface area (Å²) in [5.41, 5.74) is 12.8. The van der Waals surface area contributed by atoms with Gasteiger partial charge in [0.15, 0.2) is 0 Å². The first-order valence-electron chi connectivity index (χ1n) is 4.95. The van der Waals surface area contributed by atoms with E-state index in [9.17, 15) is 0 Å². The molecule has 5 N–H and O–H groups in total. The van der Waals surface area contributed by atoms with Gasteiger partial charge in [-0.15, -0.1) is 0 Å². The van der Waals surface area contributed by atoms with Crippen molar-refractivity contribution in [3.63, 3.8) is 0 Å². The maximum absolute atomic E-state index is 6.40. The van der Waals surface area contributed by atoms with Crippen LogP contribution in [-0.4, -0.2) is 17.7 Å². The first-order chi connectivity index (χ1) is 5.62. The van der Waals surface area contributed by atoms with E-state index in [1.165, 1.54) is 19.3 Å². The Balaban J connectivity index is 2.00. The Morgan fingerprint density at radius 1 is 0.917 bits per heavy atom. The molecule has 0 bridgehead atoms. The van der Waals surface area contributed by atoms with E-state index in [0.29, 0.717) is 5.41 Å². The summed E-state index contributed by atoms with van der Waals surface area (Å²) in [5, 5.41) is 3.38. The molecule has 3 nitrogen and oxygen atoms in total. The Hall–Kier alpha value is -0.120. The summed E-state index contributed by atoms with van der Waals surface area (Å²) in [6.07, 6.45) is 6.04. The summed E-state index contributed by atoms with van der Waals surface area (Å²) in [6.45, 7) is 1.06. The van der Waals surface area contributed by atoms with Gasteiger partial charge in [-0.2, -0.15) is 0 Å². The molecular weight excluding hydrogens is 150 g/mol. The zero-order valence-electron chi connectivity index (χ0n) is 7.40. The van der Waals surface area contributed by atoms with Gasteiger partial charge in [-0.1, -0.05) is 0 Å². The average molecular weight is 167 g/mol. The molecule has 0 aromatic rings. The molecule has 3 aliphatic rings. The van der Waals surface area contributed by atoms with Gasteiger partial charge in [0.2, 0.25) is 0 Å². The first kappa shape index (κ1) is 7.30. The van der Waals surface area contributed by atoms with Crippen molar-refractivity contribution in [2.75, 3.05) is 6.54 Å². The van der Waals surface area contributed by atoms with E-state index in [2.05, 4.69) is 5.32 Å². The Morgan fingerprint density at radius 2 is 1.67 bits per heavy atom. The second-order valence-corrected chi connectivity index (χ2v) is 4.90. The highest BCUT2D eigenvalue weighted by Gasteiger charge is 2.70. The molecule has 3 heteroatoms. The van der Waals surface area contributed by atoms with Crippen LogP contribution in [0.1, 0.15) is 32.1 Å². The van der Waals surface area contributed by atoms with Crippen LogP contribution < -0.4 is 16.8 Å². The number of hydrogen-bond donors (Lipinski definition) is 3. The van der Waals surface area contributed by atoms with E-state index < -0.39 is 0 Å². The molecule has 2 saturated carbocycles. The van der Waals surface area contributed by atoms with Gasteiger partial charge in [-0.3, -0.25) is 5.32 Å². The largest absolute Gasteiger partial charge is 0.322 e. The maximum atomic E-state index is 6.40. The highest BCUT2D eigenvalue weighted by molar-refractivity contribution is 5.28. The molecule has 0 amide bonds. The molecule has 1 saturated heterocycles. The third-order valence-corrected chi connectivity index (χ3v) is 4.55. The van der Waals surface area contributed by atoms with Crippen LogP contribution in [0.25, 0.3) is 0 Å². The van der Waals surface area contributed by atoms with Crippen LogP contribution in [0.3, 0.4) is 0 Å². The van der Waals surface area contributed by atoms with Gasteiger partial charge in [-0.25, -0.2) is 0 Å². The summed E-state index contributed by atoms with van der Waals surface area (Å²) in [6, 6.07) is 0. The van der Waals surface area contributed by atoms with E-state index in [1.54, 1.807) is 0 Å². The Labute approximate surface area is 72.9 Å². The molecule has 12 heavy (non-hydrogen) atoms. The molecule has 2 aliphatic carbocycles. The lowest BCUT2D eigenvalue weighted by Crippen LogP contribution is -2.85. The monoisotopic (exact) mass is 167 g/mol. The van der Waals surface area contributed by atoms with Crippen molar-refractivity contribution in [3.8, 4) is 0 Å². The summed E-state index contributed by atoms with van der Waals surface area (Å²) in [5.74, 6) is 0. The average Bonchev–Trinajstić information content (AvgIpc) is 2.80. The molecule has 0 aromatic heterocycles. The fourth-order valence-electron chi connectivity index (χ4n) is 3.24. The SMILES string of the molecule is NC12CCC1(N)C1(CCN2)CC1. The maximum Gasteiger partial charge on any atom is 0.0853 e. The zero-order chi connectivity index (χ0) is 8.45. The summed E-state index contributed by atoms with van der Waals surface area (Å²) in [7, 11) is 0. The normalized spacial score (nSPS) is 54.5. The van der Waals surface area contributed by atoms with Crippen LogP contribution in [-0.2, 0) is 0 Å². The Morgan fingerprint density at radius 3 is 2.08 bits per heavy atom.